The normalized spacial score (nSPS) is 11.1. The molecular weight excluding hydrogens is 238 g/mol. The van der Waals surface area contributed by atoms with Gasteiger partial charge < -0.3 is 15.0 Å². The Balaban J connectivity index is 1.91. The highest BCUT2D eigenvalue weighted by Gasteiger charge is 2.02. The third-order valence-corrected chi connectivity index (χ3v) is 3.14. The van der Waals surface area contributed by atoms with Gasteiger partial charge in [0, 0.05) is 38.3 Å². The maximum absolute atomic E-state index is 5.06. The van der Waals surface area contributed by atoms with Crippen molar-refractivity contribution >= 4 is 16.6 Å². The second kappa shape index (κ2) is 7.07. The van der Waals surface area contributed by atoms with Crippen LogP contribution < -0.4 is 5.32 Å². The van der Waals surface area contributed by atoms with Crippen LogP contribution in [0.1, 0.15) is 0 Å². The van der Waals surface area contributed by atoms with Crippen molar-refractivity contribution in [2.24, 2.45) is 0 Å². The Morgan fingerprint density at radius 2 is 2.05 bits per heavy atom. The summed E-state index contributed by atoms with van der Waals surface area (Å²) in [5, 5.41) is 5.79. The molecule has 0 saturated heterocycles. The number of aromatic nitrogens is 1. The average Bonchev–Trinajstić information content (AvgIpc) is 2.45. The quantitative estimate of drug-likeness (QED) is 0.827. The van der Waals surface area contributed by atoms with Crippen LogP contribution in [0.15, 0.2) is 36.5 Å². The monoisotopic (exact) mass is 259 g/mol. The Bertz CT molecular complexity index is 510. The van der Waals surface area contributed by atoms with Crippen LogP contribution in [0.3, 0.4) is 0 Å². The highest BCUT2D eigenvalue weighted by atomic mass is 16.5. The first-order chi connectivity index (χ1) is 9.31. The fourth-order valence-corrected chi connectivity index (χ4v) is 1.98. The van der Waals surface area contributed by atoms with Gasteiger partial charge in [0.05, 0.1) is 6.61 Å². The molecule has 19 heavy (non-hydrogen) atoms. The van der Waals surface area contributed by atoms with Crippen LogP contribution in [0.4, 0.5) is 5.82 Å². The highest BCUT2D eigenvalue weighted by molar-refractivity contribution is 5.91. The van der Waals surface area contributed by atoms with Crippen molar-refractivity contribution in [1.29, 1.82) is 0 Å². The number of fused-ring (bicyclic) bond motifs is 1. The molecule has 0 saturated carbocycles. The standard InChI is InChI=1S/C15H21N3O/c1-18(11-12-19-2)10-9-17-15-14-6-4-3-5-13(14)7-8-16-15/h3-8H,9-12H2,1-2H3,(H,16,17). The summed E-state index contributed by atoms with van der Waals surface area (Å²) >= 11 is 0. The van der Waals surface area contributed by atoms with Gasteiger partial charge in [-0.1, -0.05) is 24.3 Å². The Hall–Kier alpha value is -1.65. The van der Waals surface area contributed by atoms with E-state index in [9.17, 15) is 0 Å². The fraction of sp³-hybridized carbons (Fsp3) is 0.400. The fourth-order valence-electron chi connectivity index (χ4n) is 1.98. The van der Waals surface area contributed by atoms with Crippen LogP contribution in [0, 0.1) is 0 Å². The largest absolute Gasteiger partial charge is 0.383 e. The van der Waals surface area contributed by atoms with Crippen LogP contribution in [-0.2, 0) is 4.74 Å². The van der Waals surface area contributed by atoms with Crippen molar-refractivity contribution in [1.82, 2.24) is 9.88 Å². The van der Waals surface area contributed by atoms with Gasteiger partial charge in [0.25, 0.3) is 0 Å². The number of rotatable bonds is 7. The van der Waals surface area contributed by atoms with E-state index in [4.69, 9.17) is 4.74 Å². The van der Waals surface area contributed by atoms with E-state index in [1.165, 1.54) is 10.8 Å². The number of ether oxygens (including phenoxy) is 1. The molecule has 0 atom stereocenters. The predicted octanol–water partition coefficient (Wildman–Crippen LogP) is 2.22. The van der Waals surface area contributed by atoms with Crippen LogP contribution in [0.2, 0.25) is 0 Å². The molecule has 0 aliphatic heterocycles. The number of nitrogens with zero attached hydrogens (tertiary/aromatic N) is 2. The highest BCUT2D eigenvalue weighted by Crippen LogP contribution is 2.19. The number of hydrogen-bond donors (Lipinski definition) is 1. The summed E-state index contributed by atoms with van der Waals surface area (Å²) < 4.78 is 5.06. The van der Waals surface area contributed by atoms with E-state index in [2.05, 4.69) is 34.4 Å². The van der Waals surface area contributed by atoms with Gasteiger partial charge >= 0.3 is 0 Å². The Morgan fingerprint density at radius 1 is 1.21 bits per heavy atom. The summed E-state index contributed by atoms with van der Waals surface area (Å²) in [6, 6.07) is 10.3. The van der Waals surface area contributed by atoms with Gasteiger partial charge in [-0.05, 0) is 18.5 Å². The zero-order valence-electron chi connectivity index (χ0n) is 11.6. The molecule has 2 rings (SSSR count). The smallest absolute Gasteiger partial charge is 0.133 e. The van der Waals surface area contributed by atoms with Crippen LogP contribution in [0.5, 0.6) is 0 Å². The predicted molar refractivity (Wildman–Crippen MR) is 79.6 cm³/mol. The van der Waals surface area contributed by atoms with E-state index >= 15 is 0 Å². The van der Waals surface area contributed by atoms with Gasteiger partial charge in [-0.25, -0.2) is 4.98 Å². The average molecular weight is 259 g/mol. The molecule has 0 bridgehead atoms. The van der Waals surface area contributed by atoms with Gasteiger partial charge in [-0.15, -0.1) is 0 Å². The van der Waals surface area contributed by atoms with E-state index in [1.54, 1.807) is 7.11 Å². The van der Waals surface area contributed by atoms with Crippen LogP contribution in [0.25, 0.3) is 10.8 Å². The molecule has 0 unspecified atom stereocenters. The molecule has 102 valence electrons. The number of nitrogens with one attached hydrogen (secondary N) is 1. The van der Waals surface area contributed by atoms with Gasteiger partial charge in [0.15, 0.2) is 0 Å². The summed E-state index contributed by atoms with van der Waals surface area (Å²) in [7, 11) is 3.82. The first kappa shape index (κ1) is 13.8. The third-order valence-electron chi connectivity index (χ3n) is 3.14. The van der Waals surface area contributed by atoms with Crippen molar-refractivity contribution in [3.05, 3.63) is 36.5 Å². The zero-order valence-corrected chi connectivity index (χ0v) is 11.6. The summed E-state index contributed by atoms with van der Waals surface area (Å²) in [6.45, 7) is 3.56. The van der Waals surface area contributed by atoms with Crippen molar-refractivity contribution in [2.45, 2.75) is 0 Å². The second-order valence-corrected chi connectivity index (χ2v) is 4.60. The van der Waals surface area contributed by atoms with E-state index < -0.39 is 0 Å². The molecule has 1 N–H and O–H groups in total. The van der Waals surface area contributed by atoms with Crippen molar-refractivity contribution in [3.63, 3.8) is 0 Å². The van der Waals surface area contributed by atoms with Gasteiger partial charge in [-0.3, -0.25) is 0 Å². The summed E-state index contributed by atoms with van der Waals surface area (Å²) in [5.41, 5.74) is 0. The number of likely N-dealkylation sites (N-methyl/N-ethyl adjacent to an activating group) is 1. The molecule has 0 spiro atoms. The number of hydrogen-bond acceptors (Lipinski definition) is 4. The minimum atomic E-state index is 0.767. The van der Waals surface area contributed by atoms with Crippen LogP contribution >= 0.6 is 0 Å². The van der Waals surface area contributed by atoms with Gasteiger partial charge in [0.1, 0.15) is 5.82 Å². The van der Waals surface area contributed by atoms with E-state index in [0.29, 0.717) is 0 Å². The van der Waals surface area contributed by atoms with E-state index in [0.717, 1.165) is 32.1 Å². The lowest BCUT2D eigenvalue weighted by molar-refractivity contribution is 0.163. The molecular formula is C15H21N3O. The number of anilines is 1. The topological polar surface area (TPSA) is 37.4 Å². The number of methoxy groups -OCH3 is 1. The van der Waals surface area contributed by atoms with Crippen molar-refractivity contribution in [3.8, 4) is 0 Å². The minimum Gasteiger partial charge on any atom is -0.383 e. The lowest BCUT2D eigenvalue weighted by atomic mass is 10.1. The summed E-state index contributed by atoms with van der Waals surface area (Å²) in [4.78, 5) is 6.65. The minimum absolute atomic E-state index is 0.767. The Labute approximate surface area is 114 Å². The first-order valence-corrected chi connectivity index (χ1v) is 6.56. The van der Waals surface area contributed by atoms with Crippen molar-refractivity contribution in [2.75, 3.05) is 45.7 Å². The molecule has 0 amide bonds. The second-order valence-electron chi connectivity index (χ2n) is 4.60. The molecule has 4 heteroatoms. The van der Waals surface area contributed by atoms with E-state index in [-0.39, 0.29) is 0 Å². The van der Waals surface area contributed by atoms with Gasteiger partial charge in [0.2, 0.25) is 0 Å². The zero-order chi connectivity index (χ0) is 13.5. The van der Waals surface area contributed by atoms with E-state index in [1.807, 2.05) is 24.4 Å². The van der Waals surface area contributed by atoms with Gasteiger partial charge in [-0.2, -0.15) is 0 Å². The first-order valence-electron chi connectivity index (χ1n) is 6.56. The summed E-state index contributed by atoms with van der Waals surface area (Å²) in [5.74, 6) is 0.957. The molecule has 1 heterocycles. The molecule has 0 fully saturated rings. The molecule has 2 aromatic rings. The molecule has 1 aromatic carbocycles. The molecule has 1 aromatic heterocycles. The molecule has 0 aliphatic carbocycles. The lowest BCUT2D eigenvalue weighted by Crippen LogP contribution is -2.28. The maximum atomic E-state index is 5.06. The summed E-state index contributed by atoms with van der Waals surface area (Å²) in [6.07, 6.45) is 1.85. The molecule has 0 aliphatic rings. The molecule has 0 radical (unpaired) electrons. The number of pyridine rings is 1. The number of benzene rings is 1. The maximum Gasteiger partial charge on any atom is 0.133 e. The van der Waals surface area contributed by atoms with Crippen LogP contribution in [-0.4, -0.2) is 50.3 Å². The SMILES string of the molecule is COCCN(C)CCNc1nccc2ccccc12. The Kier molecular flexibility index (Phi) is 5.12. The molecule has 4 nitrogen and oxygen atoms in total. The third kappa shape index (κ3) is 3.91. The Morgan fingerprint density at radius 3 is 2.89 bits per heavy atom. The van der Waals surface area contributed by atoms with Crippen molar-refractivity contribution < 1.29 is 4.74 Å². The lowest BCUT2D eigenvalue weighted by Gasteiger charge is -2.16.